The highest BCUT2D eigenvalue weighted by Gasteiger charge is 2.17. The number of para-hydroxylation sites is 1. The van der Waals surface area contributed by atoms with E-state index in [1.165, 1.54) is 0 Å². The van der Waals surface area contributed by atoms with E-state index in [4.69, 9.17) is 4.98 Å². The molecule has 6 aromatic rings. The van der Waals surface area contributed by atoms with Crippen LogP contribution in [0.25, 0.3) is 56.0 Å². The van der Waals surface area contributed by atoms with Gasteiger partial charge >= 0.3 is 0 Å². The molecule has 0 spiro atoms. The van der Waals surface area contributed by atoms with Gasteiger partial charge < -0.3 is 10.3 Å². The summed E-state index contributed by atoms with van der Waals surface area (Å²) in [5.41, 5.74) is 7.21. The maximum absolute atomic E-state index is 12.2. The fourth-order valence-electron chi connectivity index (χ4n) is 4.34. The molecular formula is C28H24N8O. The van der Waals surface area contributed by atoms with Crippen LogP contribution in [-0.2, 0) is 4.79 Å². The third-order valence-corrected chi connectivity index (χ3v) is 6.21. The van der Waals surface area contributed by atoms with Gasteiger partial charge in [0.1, 0.15) is 5.69 Å². The molecule has 0 saturated heterocycles. The Labute approximate surface area is 212 Å². The van der Waals surface area contributed by atoms with E-state index in [1.807, 2.05) is 48.5 Å². The Bertz CT molecular complexity index is 1720. The fourth-order valence-corrected chi connectivity index (χ4v) is 4.34. The van der Waals surface area contributed by atoms with E-state index in [-0.39, 0.29) is 5.91 Å². The minimum Gasteiger partial charge on any atom is -0.337 e. The summed E-state index contributed by atoms with van der Waals surface area (Å²) >= 11 is 0. The highest BCUT2D eigenvalue weighted by molar-refractivity contribution is 5.97. The molecule has 0 radical (unpaired) electrons. The number of imidazole rings is 1. The largest absolute Gasteiger partial charge is 0.337 e. The summed E-state index contributed by atoms with van der Waals surface area (Å²) in [5.74, 6) is 0.625. The molecule has 1 amide bonds. The predicted octanol–water partition coefficient (Wildman–Crippen LogP) is 5.75. The lowest BCUT2D eigenvalue weighted by atomic mass is 10.1. The summed E-state index contributed by atoms with van der Waals surface area (Å²) in [7, 11) is 0. The number of unbranched alkanes of at least 4 members (excludes halogenated alkanes) is 1. The van der Waals surface area contributed by atoms with Crippen LogP contribution < -0.4 is 5.32 Å². The van der Waals surface area contributed by atoms with Crippen LogP contribution in [0.1, 0.15) is 26.2 Å². The molecule has 0 fully saturated rings. The molecule has 1 aromatic carbocycles. The average Bonchev–Trinajstić information content (AvgIpc) is 3.56. The van der Waals surface area contributed by atoms with Gasteiger partial charge in [-0.3, -0.25) is 19.9 Å². The highest BCUT2D eigenvalue weighted by atomic mass is 16.1. The zero-order chi connectivity index (χ0) is 25.2. The SMILES string of the molecule is CCCCC(=O)Nc1cncc(-c2cnc3[nH]nc(-c4nc5c(-c6ccccn6)cccc5[nH]4)c3c2)c1. The minimum absolute atomic E-state index is 0.0125. The summed E-state index contributed by atoms with van der Waals surface area (Å²) in [4.78, 5) is 33.8. The summed E-state index contributed by atoms with van der Waals surface area (Å²) in [6.45, 7) is 2.06. The molecular weight excluding hydrogens is 464 g/mol. The van der Waals surface area contributed by atoms with E-state index in [0.29, 0.717) is 29.3 Å². The first-order valence-electron chi connectivity index (χ1n) is 12.2. The number of rotatable bonds is 7. The Morgan fingerprint density at radius 1 is 1.00 bits per heavy atom. The van der Waals surface area contributed by atoms with Gasteiger partial charge in [0.2, 0.25) is 5.91 Å². The standard InChI is InChI=1S/C28H24N8O/c1-2-3-10-24(37)32-19-12-17(14-29-16-19)18-13-21-26(35-36-27(21)31-15-18)28-33-23-9-6-7-20(25(23)34-28)22-8-4-5-11-30-22/h4-9,11-16H,2-3,10H2,1H3,(H,32,37)(H,33,34)(H,31,35,36). The Kier molecular flexibility index (Phi) is 5.86. The number of fused-ring (bicyclic) bond motifs is 2. The van der Waals surface area contributed by atoms with Crippen molar-refractivity contribution in [3.05, 3.63) is 73.3 Å². The molecule has 182 valence electrons. The van der Waals surface area contributed by atoms with Gasteiger partial charge in [-0.1, -0.05) is 31.5 Å². The highest BCUT2D eigenvalue weighted by Crippen LogP contribution is 2.32. The lowest BCUT2D eigenvalue weighted by Gasteiger charge is -2.07. The summed E-state index contributed by atoms with van der Waals surface area (Å²) in [5, 5.41) is 11.3. The second kappa shape index (κ2) is 9.62. The first kappa shape index (κ1) is 22.5. The molecule has 0 bridgehead atoms. The van der Waals surface area contributed by atoms with Crippen LogP contribution >= 0.6 is 0 Å². The topological polar surface area (TPSA) is 125 Å². The molecule has 0 aliphatic rings. The van der Waals surface area contributed by atoms with Gasteiger partial charge in [-0.25, -0.2) is 9.97 Å². The number of H-pyrrole nitrogens is 2. The predicted molar refractivity (Wildman–Crippen MR) is 144 cm³/mol. The second-order valence-electron chi connectivity index (χ2n) is 8.81. The molecule has 0 aliphatic carbocycles. The van der Waals surface area contributed by atoms with Crippen molar-refractivity contribution in [2.24, 2.45) is 0 Å². The number of nitrogens with one attached hydrogen (secondary N) is 3. The van der Waals surface area contributed by atoms with E-state index in [0.717, 1.165) is 51.6 Å². The Morgan fingerprint density at radius 2 is 1.92 bits per heavy atom. The van der Waals surface area contributed by atoms with Gasteiger partial charge in [-0.05, 0) is 36.8 Å². The molecule has 6 rings (SSSR count). The molecule has 3 N–H and O–H groups in total. The average molecular weight is 489 g/mol. The zero-order valence-electron chi connectivity index (χ0n) is 20.2. The first-order chi connectivity index (χ1) is 18.2. The van der Waals surface area contributed by atoms with Gasteiger partial charge in [-0.15, -0.1) is 0 Å². The van der Waals surface area contributed by atoms with E-state index in [1.54, 1.807) is 24.8 Å². The van der Waals surface area contributed by atoms with Crippen LogP contribution in [0.4, 0.5) is 5.69 Å². The molecule has 5 heterocycles. The Balaban J connectivity index is 1.37. The zero-order valence-corrected chi connectivity index (χ0v) is 20.2. The fraction of sp³-hybridized carbons (Fsp3) is 0.143. The van der Waals surface area contributed by atoms with Crippen molar-refractivity contribution in [2.75, 3.05) is 5.32 Å². The second-order valence-corrected chi connectivity index (χ2v) is 8.81. The number of pyridine rings is 3. The number of aromatic nitrogens is 7. The van der Waals surface area contributed by atoms with Crippen molar-refractivity contribution in [2.45, 2.75) is 26.2 Å². The van der Waals surface area contributed by atoms with E-state index >= 15 is 0 Å². The van der Waals surface area contributed by atoms with Gasteiger partial charge in [0.15, 0.2) is 11.5 Å². The number of aromatic amines is 2. The van der Waals surface area contributed by atoms with Crippen molar-refractivity contribution in [3.8, 4) is 33.9 Å². The van der Waals surface area contributed by atoms with E-state index < -0.39 is 0 Å². The number of benzene rings is 1. The van der Waals surface area contributed by atoms with Crippen molar-refractivity contribution < 1.29 is 4.79 Å². The quantitative estimate of drug-likeness (QED) is 0.263. The van der Waals surface area contributed by atoms with Gasteiger partial charge in [0, 0.05) is 41.7 Å². The van der Waals surface area contributed by atoms with Gasteiger partial charge in [0.25, 0.3) is 0 Å². The molecule has 0 saturated carbocycles. The first-order valence-corrected chi connectivity index (χ1v) is 12.2. The maximum Gasteiger partial charge on any atom is 0.224 e. The Morgan fingerprint density at radius 3 is 2.78 bits per heavy atom. The summed E-state index contributed by atoms with van der Waals surface area (Å²) in [6.07, 6.45) is 9.26. The molecule has 0 atom stereocenters. The van der Waals surface area contributed by atoms with Crippen LogP contribution in [-0.4, -0.2) is 41.0 Å². The lowest BCUT2D eigenvalue weighted by Crippen LogP contribution is -2.11. The number of amides is 1. The number of nitrogens with zero attached hydrogens (tertiary/aromatic N) is 5. The van der Waals surface area contributed by atoms with Crippen LogP contribution in [0, 0.1) is 0 Å². The maximum atomic E-state index is 12.2. The molecule has 37 heavy (non-hydrogen) atoms. The van der Waals surface area contributed by atoms with Crippen LogP contribution in [0.15, 0.2) is 73.3 Å². The molecule has 9 nitrogen and oxygen atoms in total. The number of carbonyl (C=O) groups excluding carboxylic acids is 1. The van der Waals surface area contributed by atoms with E-state index in [2.05, 4.69) is 42.4 Å². The molecule has 0 unspecified atom stereocenters. The number of anilines is 1. The third kappa shape index (κ3) is 4.42. The molecule has 9 heteroatoms. The van der Waals surface area contributed by atoms with Crippen molar-refractivity contribution in [3.63, 3.8) is 0 Å². The van der Waals surface area contributed by atoms with Crippen LogP contribution in [0.3, 0.4) is 0 Å². The normalized spacial score (nSPS) is 11.3. The number of hydrogen-bond acceptors (Lipinski definition) is 6. The monoisotopic (exact) mass is 488 g/mol. The number of carbonyl (C=O) groups is 1. The van der Waals surface area contributed by atoms with Gasteiger partial charge in [0.05, 0.1) is 34.0 Å². The third-order valence-electron chi connectivity index (χ3n) is 6.21. The van der Waals surface area contributed by atoms with Crippen molar-refractivity contribution in [1.29, 1.82) is 0 Å². The smallest absolute Gasteiger partial charge is 0.224 e. The van der Waals surface area contributed by atoms with Crippen LogP contribution in [0.5, 0.6) is 0 Å². The number of hydrogen-bond donors (Lipinski definition) is 3. The Hall–Kier alpha value is -4.92. The van der Waals surface area contributed by atoms with Crippen LogP contribution in [0.2, 0.25) is 0 Å². The van der Waals surface area contributed by atoms with Crippen molar-refractivity contribution >= 4 is 33.7 Å². The summed E-state index contributed by atoms with van der Waals surface area (Å²) in [6, 6.07) is 15.7. The molecule has 5 aromatic heterocycles. The van der Waals surface area contributed by atoms with Crippen molar-refractivity contribution in [1.82, 2.24) is 35.1 Å². The van der Waals surface area contributed by atoms with E-state index in [9.17, 15) is 4.79 Å². The minimum atomic E-state index is -0.0125. The van der Waals surface area contributed by atoms with Gasteiger partial charge in [-0.2, -0.15) is 5.10 Å². The lowest BCUT2D eigenvalue weighted by molar-refractivity contribution is -0.116. The molecule has 0 aliphatic heterocycles. The summed E-state index contributed by atoms with van der Waals surface area (Å²) < 4.78 is 0.